The Morgan fingerprint density at radius 1 is 1.09 bits per heavy atom. The molecule has 0 atom stereocenters. The van der Waals surface area contributed by atoms with Gasteiger partial charge in [-0.05, 0) is 37.1 Å². The van der Waals surface area contributed by atoms with Crippen LogP contribution in [0.2, 0.25) is 0 Å². The molecule has 0 N–H and O–H groups in total. The summed E-state index contributed by atoms with van der Waals surface area (Å²) < 4.78 is 6.75. The molecular formula is C16H20N4O2. The predicted molar refractivity (Wildman–Crippen MR) is 82.3 cm³/mol. The SMILES string of the molecule is COc1ccc(-n2cc(C(=O)N3CCCCCC3)nn2)cc1. The Bertz CT molecular complexity index is 628. The monoisotopic (exact) mass is 300 g/mol. The second-order valence-corrected chi connectivity index (χ2v) is 5.45. The summed E-state index contributed by atoms with van der Waals surface area (Å²) in [4.78, 5) is 14.4. The lowest BCUT2D eigenvalue weighted by molar-refractivity contribution is 0.0755. The van der Waals surface area contributed by atoms with Crippen LogP contribution < -0.4 is 4.74 Å². The second kappa shape index (κ2) is 6.60. The number of carbonyl (C=O) groups is 1. The third-order valence-electron chi connectivity index (χ3n) is 3.94. The van der Waals surface area contributed by atoms with Gasteiger partial charge in [0.1, 0.15) is 5.75 Å². The van der Waals surface area contributed by atoms with Crippen molar-refractivity contribution in [3.05, 3.63) is 36.2 Å². The number of ether oxygens (including phenoxy) is 1. The molecule has 116 valence electrons. The normalized spacial score (nSPS) is 15.4. The minimum absolute atomic E-state index is 0.0262. The fourth-order valence-corrected chi connectivity index (χ4v) is 2.66. The van der Waals surface area contributed by atoms with Crippen molar-refractivity contribution in [1.29, 1.82) is 0 Å². The number of methoxy groups -OCH3 is 1. The summed E-state index contributed by atoms with van der Waals surface area (Å²) in [5.41, 5.74) is 1.25. The molecule has 0 bridgehead atoms. The maximum atomic E-state index is 12.5. The molecular weight excluding hydrogens is 280 g/mol. The van der Waals surface area contributed by atoms with E-state index < -0.39 is 0 Å². The van der Waals surface area contributed by atoms with Crippen LogP contribution in [0.25, 0.3) is 5.69 Å². The molecule has 0 radical (unpaired) electrons. The molecule has 6 heteroatoms. The van der Waals surface area contributed by atoms with Crippen molar-refractivity contribution in [2.75, 3.05) is 20.2 Å². The number of benzene rings is 1. The van der Waals surface area contributed by atoms with Gasteiger partial charge in [-0.3, -0.25) is 4.79 Å². The molecule has 0 unspecified atom stereocenters. The van der Waals surface area contributed by atoms with Crippen LogP contribution in [0.4, 0.5) is 0 Å². The molecule has 1 amide bonds. The predicted octanol–water partition coefficient (Wildman–Crippen LogP) is 2.29. The molecule has 22 heavy (non-hydrogen) atoms. The molecule has 1 saturated heterocycles. The van der Waals surface area contributed by atoms with E-state index in [2.05, 4.69) is 10.3 Å². The molecule has 1 aromatic carbocycles. The van der Waals surface area contributed by atoms with E-state index in [1.165, 1.54) is 12.8 Å². The first-order valence-corrected chi connectivity index (χ1v) is 7.64. The van der Waals surface area contributed by atoms with Crippen LogP contribution in [-0.2, 0) is 0 Å². The van der Waals surface area contributed by atoms with Gasteiger partial charge >= 0.3 is 0 Å². The maximum absolute atomic E-state index is 12.5. The minimum Gasteiger partial charge on any atom is -0.497 e. The van der Waals surface area contributed by atoms with E-state index in [0.717, 1.165) is 37.4 Å². The highest BCUT2D eigenvalue weighted by Crippen LogP contribution is 2.16. The summed E-state index contributed by atoms with van der Waals surface area (Å²) in [7, 11) is 1.63. The number of aromatic nitrogens is 3. The first-order valence-electron chi connectivity index (χ1n) is 7.64. The molecule has 3 rings (SSSR count). The van der Waals surface area contributed by atoms with E-state index in [4.69, 9.17) is 4.74 Å². The number of nitrogens with zero attached hydrogens (tertiary/aromatic N) is 4. The maximum Gasteiger partial charge on any atom is 0.276 e. The second-order valence-electron chi connectivity index (χ2n) is 5.45. The van der Waals surface area contributed by atoms with Gasteiger partial charge in [-0.1, -0.05) is 18.1 Å². The van der Waals surface area contributed by atoms with E-state index >= 15 is 0 Å². The van der Waals surface area contributed by atoms with Crippen LogP contribution >= 0.6 is 0 Å². The van der Waals surface area contributed by atoms with Crippen molar-refractivity contribution >= 4 is 5.91 Å². The van der Waals surface area contributed by atoms with Crippen molar-refractivity contribution in [2.24, 2.45) is 0 Å². The lowest BCUT2D eigenvalue weighted by atomic mass is 10.2. The number of amides is 1. The van der Waals surface area contributed by atoms with Gasteiger partial charge in [0.2, 0.25) is 0 Å². The Kier molecular flexibility index (Phi) is 4.37. The highest BCUT2D eigenvalue weighted by molar-refractivity contribution is 5.92. The molecule has 1 aliphatic rings. The van der Waals surface area contributed by atoms with Gasteiger partial charge < -0.3 is 9.64 Å². The van der Waals surface area contributed by atoms with Crippen molar-refractivity contribution in [1.82, 2.24) is 19.9 Å². The van der Waals surface area contributed by atoms with Crippen molar-refractivity contribution in [3.8, 4) is 11.4 Å². The average molecular weight is 300 g/mol. The van der Waals surface area contributed by atoms with Gasteiger partial charge in [0.15, 0.2) is 5.69 Å². The first kappa shape index (κ1) is 14.6. The zero-order valence-electron chi connectivity index (χ0n) is 12.7. The van der Waals surface area contributed by atoms with Crippen LogP contribution in [0.5, 0.6) is 5.75 Å². The minimum atomic E-state index is -0.0262. The number of rotatable bonds is 3. The third kappa shape index (κ3) is 3.10. The van der Waals surface area contributed by atoms with Gasteiger partial charge in [0.05, 0.1) is 19.0 Å². The number of hydrogen-bond acceptors (Lipinski definition) is 4. The lowest BCUT2D eigenvalue weighted by Gasteiger charge is -2.18. The Balaban J connectivity index is 1.75. The van der Waals surface area contributed by atoms with Crippen LogP contribution in [0.1, 0.15) is 36.2 Å². The number of likely N-dealkylation sites (tertiary alicyclic amines) is 1. The van der Waals surface area contributed by atoms with Crippen molar-refractivity contribution < 1.29 is 9.53 Å². The fourth-order valence-electron chi connectivity index (χ4n) is 2.66. The van der Waals surface area contributed by atoms with Gasteiger partial charge in [-0.15, -0.1) is 5.10 Å². The number of carbonyl (C=O) groups excluding carboxylic acids is 1. The van der Waals surface area contributed by atoms with Gasteiger partial charge in [0, 0.05) is 13.1 Å². The molecule has 0 spiro atoms. The van der Waals surface area contributed by atoms with Crippen LogP contribution in [0.3, 0.4) is 0 Å². The number of hydrogen-bond donors (Lipinski definition) is 0. The van der Waals surface area contributed by atoms with Gasteiger partial charge in [-0.25, -0.2) is 4.68 Å². The van der Waals surface area contributed by atoms with E-state index in [9.17, 15) is 4.79 Å². The summed E-state index contributed by atoms with van der Waals surface area (Å²) in [6.07, 6.45) is 6.22. The molecule has 6 nitrogen and oxygen atoms in total. The summed E-state index contributed by atoms with van der Waals surface area (Å²) >= 11 is 0. The van der Waals surface area contributed by atoms with Crippen LogP contribution in [0, 0.1) is 0 Å². The van der Waals surface area contributed by atoms with Gasteiger partial charge in [0.25, 0.3) is 5.91 Å². The summed E-state index contributed by atoms with van der Waals surface area (Å²) in [5, 5.41) is 8.09. The largest absolute Gasteiger partial charge is 0.497 e. The molecule has 1 aromatic heterocycles. The Labute approximate surface area is 129 Å². The zero-order valence-corrected chi connectivity index (χ0v) is 12.7. The standard InChI is InChI=1S/C16H20N4O2/c1-22-14-8-6-13(7-9-14)20-12-15(17-18-20)16(21)19-10-4-2-3-5-11-19/h6-9,12H,2-5,10-11H2,1H3. The van der Waals surface area contributed by atoms with E-state index in [-0.39, 0.29) is 5.91 Å². The van der Waals surface area contributed by atoms with Crippen molar-refractivity contribution in [2.45, 2.75) is 25.7 Å². The zero-order chi connectivity index (χ0) is 15.4. The molecule has 2 heterocycles. The average Bonchev–Trinajstić information content (AvgIpc) is 2.90. The summed E-state index contributed by atoms with van der Waals surface area (Å²) in [5.74, 6) is 0.756. The van der Waals surface area contributed by atoms with Crippen molar-refractivity contribution in [3.63, 3.8) is 0 Å². The molecule has 0 saturated carbocycles. The third-order valence-corrected chi connectivity index (χ3v) is 3.94. The fraction of sp³-hybridized carbons (Fsp3) is 0.438. The molecule has 1 aliphatic heterocycles. The molecule has 1 fully saturated rings. The van der Waals surface area contributed by atoms with E-state index in [1.54, 1.807) is 18.0 Å². The quantitative estimate of drug-likeness (QED) is 0.872. The Morgan fingerprint density at radius 3 is 2.41 bits per heavy atom. The first-order chi connectivity index (χ1) is 10.8. The smallest absolute Gasteiger partial charge is 0.276 e. The Hall–Kier alpha value is -2.37. The van der Waals surface area contributed by atoms with Crippen LogP contribution in [-0.4, -0.2) is 46.0 Å². The van der Waals surface area contributed by atoms with Crippen LogP contribution in [0.15, 0.2) is 30.5 Å². The highest BCUT2D eigenvalue weighted by Gasteiger charge is 2.20. The lowest BCUT2D eigenvalue weighted by Crippen LogP contribution is -2.32. The molecule has 0 aliphatic carbocycles. The topological polar surface area (TPSA) is 60.2 Å². The molecule has 2 aromatic rings. The van der Waals surface area contributed by atoms with Gasteiger partial charge in [-0.2, -0.15) is 0 Å². The highest BCUT2D eigenvalue weighted by atomic mass is 16.5. The van der Waals surface area contributed by atoms with E-state index in [1.807, 2.05) is 29.2 Å². The Morgan fingerprint density at radius 2 is 1.77 bits per heavy atom. The summed E-state index contributed by atoms with van der Waals surface area (Å²) in [6, 6.07) is 7.47. The van der Waals surface area contributed by atoms with E-state index in [0.29, 0.717) is 5.69 Å². The summed E-state index contributed by atoms with van der Waals surface area (Å²) in [6.45, 7) is 1.63.